The Morgan fingerprint density at radius 2 is 2.17 bits per heavy atom. The lowest BCUT2D eigenvalue weighted by molar-refractivity contribution is 0.209. The van der Waals surface area contributed by atoms with Gasteiger partial charge in [-0.25, -0.2) is 0 Å². The number of hydrogen-bond acceptors (Lipinski definition) is 2. The fourth-order valence-corrected chi connectivity index (χ4v) is 2.94. The molecule has 2 fully saturated rings. The van der Waals surface area contributed by atoms with E-state index in [9.17, 15) is 0 Å². The van der Waals surface area contributed by atoms with E-state index < -0.39 is 0 Å². The highest BCUT2D eigenvalue weighted by atomic mass is 16.6. The van der Waals surface area contributed by atoms with E-state index in [0.717, 1.165) is 24.1 Å². The largest absolute Gasteiger partial charge is 0.399 e. The van der Waals surface area contributed by atoms with Gasteiger partial charge in [-0.15, -0.1) is 0 Å². The first-order chi connectivity index (χ1) is 8.85. The molecule has 0 bridgehead atoms. The SMILES string of the molecule is CO/N=C1\CCCC2CC12C#Cc1ccccc1. The first-order valence-corrected chi connectivity index (χ1v) is 6.54. The summed E-state index contributed by atoms with van der Waals surface area (Å²) in [6.07, 6.45) is 4.71. The van der Waals surface area contributed by atoms with Gasteiger partial charge in [0.05, 0.1) is 11.1 Å². The Hall–Kier alpha value is -1.75. The molecule has 2 heteroatoms. The predicted molar refractivity (Wildman–Crippen MR) is 72.2 cm³/mol. The molecule has 0 N–H and O–H groups in total. The molecule has 2 saturated carbocycles. The topological polar surface area (TPSA) is 21.6 Å². The van der Waals surface area contributed by atoms with Gasteiger partial charge < -0.3 is 4.84 Å². The molecule has 0 aliphatic heterocycles. The Balaban J connectivity index is 1.88. The zero-order chi connectivity index (χ0) is 12.4. The van der Waals surface area contributed by atoms with Crippen LogP contribution in [0.15, 0.2) is 35.5 Å². The van der Waals surface area contributed by atoms with E-state index in [0.29, 0.717) is 5.92 Å². The Labute approximate surface area is 108 Å². The maximum absolute atomic E-state index is 4.98. The minimum Gasteiger partial charge on any atom is -0.399 e. The van der Waals surface area contributed by atoms with Crippen molar-refractivity contribution in [2.24, 2.45) is 16.5 Å². The zero-order valence-electron chi connectivity index (χ0n) is 10.6. The smallest absolute Gasteiger partial charge is 0.106 e. The standard InChI is InChI=1S/C16H17NO/c1-18-17-15-9-5-8-14-12-16(14,15)11-10-13-6-3-2-4-7-13/h2-4,6-7,14H,5,8-9,12H2,1H3/b17-15+. The summed E-state index contributed by atoms with van der Waals surface area (Å²) in [6.45, 7) is 0. The van der Waals surface area contributed by atoms with Gasteiger partial charge in [0.1, 0.15) is 7.11 Å². The lowest BCUT2D eigenvalue weighted by Gasteiger charge is -2.18. The quantitative estimate of drug-likeness (QED) is 0.544. The highest BCUT2D eigenvalue weighted by Gasteiger charge is 2.58. The van der Waals surface area contributed by atoms with Crippen LogP contribution in [0.1, 0.15) is 31.2 Å². The molecule has 0 aromatic heterocycles. The summed E-state index contributed by atoms with van der Waals surface area (Å²) < 4.78 is 0. The number of benzene rings is 1. The van der Waals surface area contributed by atoms with E-state index in [2.05, 4.69) is 29.1 Å². The van der Waals surface area contributed by atoms with Crippen LogP contribution >= 0.6 is 0 Å². The molecule has 0 spiro atoms. The van der Waals surface area contributed by atoms with Crippen LogP contribution in [0.25, 0.3) is 0 Å². The molecule has 0 heterocycles. The second-order valence-corrected chi connectivity index (χ2v) is 5.10. The van der Waals surface area contributed by atoms with Gasteiger partial charge in [-0.3, -0.25) is 0 Å². The molecule has 2 aliphatic carbocycles. The van der Waals surface area contributed by atoms with Crippen LogP contribution in [0.4, 0.5) is 0 Å². The third kappa shape index (κ3) is 1.90. The summed E-state index contributed by atoms with van der Waals surface area (Å²) >= 11 is 0. The Bertz CT molecular complexity index is 523. The van der Waals surface area contributed by atoms with Gasteiger partial charge in [-0.1, -0.05) is 35.2 Å². The third-order valence-electron chi connectivity index (χ3n) is 3.99. The highest BCUT2D eigenvalue weighted by Crippen LogP contribution is 2.59. The van der Waals surface area contributed by atoms with Gasteiger partial charge in [0.25, 0.3) is 0 Å². The zero-order valence-corrected chi connectivity index (χ0v) is 10.6. The third-order valence-corrected chi connectivity index (χ3v) is 3.99. The minimum absolute atomic E-state index is 0.0318. The van der Waals surface area contributed by atoms with Crippen molar-refractivity contribution in [1.82, 2.24) is 0 Å². The van der Waals surface area contributed by atoms with E-state index >= 15 is 0 Å². The molecular weight excluding hydrogens is 222 g/mol. The van der Waals surface area contributed by atoms with Gasteiger partial charge >= 0.3 is 0 Å². The van der Waals surface area contributed by atoms with E-state index in [4.69, 9.17) is 4.84 Å². The molecule has 2 atom stereocenters. The van der Waals surface area contributed by atoms with Crippen LogP contribution in [0.5, 0.6) is 0 Å². The summed E-state index contributed by atoms with van der Waals surface area (Å²) in [5.41, 5.74) is 2.27. The normalized spacial score (nSPS) is 31.2. The first-order valence-electron chi connectivity index (χ1n) is 6.54. The van der Waals surface area contributed by atoms with E-state index in [-0.39, 0.29) is 5.41 Å². The molecule has 18 heavy (non-hydrogen) atoms. The molecule has 2 aliphatic rings. The number of oxime groups is 1. The summed E-state index contributed by atoms with van der Waals surface area (Å²) in [5.74, 6) is 7.47. The summed E-state index contributed by atoms with van der Waals surface area (Å²) in [6, 6.07) is 10.2. The van der Waals surface area contributed by atoms with Crippen molar-refractivity contribution >= 4 is 5.71 Å². The number of fused-ring (bicyclic) bond motifs is 1. The van der Waals surface area contributed by atoms with Gasteiger partial charge in [0.2, 0.25) is 0 Å². The van der Waals surface area contributed by atoms with Crippen LogP contribution in [-0.4, -0.2) is 12.8 Å². The van der Waals surface area contributed by atoms with Gasteiger partial charge in [-0.2, -0.15) is 0 Å². The van der Waals surface area contributed by atoms with E-state index in [1.54, 1.807) is 7.11 Å². The van der Waals surface area contributed by atoms with Crippen LogP contribution in [0, 0.1) is 23.2 Å². The average molecular weight is 239 g/mol. The fourth-order valence-electron chi connectivity index (χ4n) is 2.94. The van der Waals surface area contributed by atoms with Crippen molar-refractivity contribution in [2.75, 3.05) is 7.11 Å². The second kappa shape index (κ2) is 4.49. The van der Waals surface area contributed by atoms with Crippen molar-refractivity contribution in [3.05, 3.63) is 35.9 Å². The summed E-state index contributed by atoms with van der Waals surface area (Å²) in [7, 11) is 1.62. The van der Waals surface area contributed by atoms with Gasteiger partial charge in [-0.05, 0) is 43.7 Å². The molecule has 2 unspecified atom stereocenters. The predicted octanol–water partition coefficient (Wildman–Crippen LogP) is 3.23. The van der Waals surface area contributed by atoms with E-state index in [1.807, 2.05) is 18.2 Å². The fraction of sp³-hybridized carbons (Fsp3) is 0.438. The van der Waals surface area contributed by atoms with Crippen molar-refractivity contribution < 1.29 is 4.84 Å². The molecule has 1 aromatic rings. The highest BCUT2D eigenvalue weighted by molar-refractivity contribution is 5.96. The Morgan fingerprint density at radius 1 is 1.33 bits per heavy atom. The maximum atomic E-state index is 4.98. The minimum atomic E-state index is 0.0318. The van der Waals surface area contributed by atoms with E-state index in [1.165, 1.54) is 12.8 Å². The molecule has 1 aromatic carbocycles. The van der Waals surface area contributed by atoms with Crippen LogP contribution in [-0.2, 0) is 4.84 Å². The van der Waals surface area contributed by atoms with Crippen molar-refractivity contribution in [3.63, 3.8) is 0 Å². The second-order valence-electron chi connectivity index (χ2n) is 5.10. The Kier molecular flexibility index (Phi) is 2.83. The van der Waals surface area contributed by atoms with Crippen LogP contribution < -0.4 is 0 Å². The number of hydrogen-bond donors (Lipinski definition) is 0. The van der Waals surface area contributed by atoms with Crippen LogP contribution in [0.3, 0.4) is 0 Å². The molecule has 92 valence electrons. The number of rotatable bonds is 1. The molecule has 0 radical (unpaired) electrons. The van der Waals surface area contributed by atoms with Crippen molar-refractivity contribution in [3.8, 4) is 11.8 Å². The van der Waals surface area contributed by atoms with Crippen LogP contribution in [0.2, 0.25) is 0 Å². The average Bonchev–Trinajstić information content (AvgIpc) is 3.14. The lowest BCUT2D eigenvalue weighted by Crippen LogP contribution is -2.21. The monoisotopic (exact) mass is 239 g/mol. The summed E-state index contributed by atoms with van der Waals surface area (Å²) in [4.78, 5) is 4.98. The molecule has 0 amide bonds. The lowest BCUT2D eigenvalue weighted by atomic mass is 9.86. The van der Waals surface area contributed by atoms with Crippen molar-refractivity contribution in [1.29, 1.82) is 0 Å². The van der Waals surface area contributed by atoms with Crippen molar-refractivity contribution in [2.45, 2.75) is 25.7 Å². The number of nitrogens with zero attached hydrogens (tertiary/aromatic N) is 1. The molecule has 3 rings (SSSR count). The molecule has 0 saturated heterocycles. The van der Waals surface area contributed by atoms with Gasteiger partial charge in [0.15, 0.2) is 0 Å². The Morgan fingerprint density at radius 3 is 2.94 bits per heavy atom. The molecular formula is C16H17NO. The summed E-state index contributed by atoms with van der Waals surface area (Å²) in [5, 5.41) is 4.20. The maximum Gasteiger partial charge on any atom is 0.106 e. The van der Waals surface area contributed by atoms with Gasteiger partial charge in [0, 0.05) is 5.56 Å². The molecule has 2 nitrogen and oxygen atoms in total. The first kappa shape index (κ1) is 11.3.